The van der Waals surface area contributed by atoms with Gasteiger partial charge in [0.1, 0.15) is 5.52 Å². The number of halogens is 1. The number of carbonyl (C=O) groups is 1. The molecule has 3 aromatic rings. The van der Waals surface area contributed by atoms with Gasteiger partial charge in [0, 0.05) is 12.1 Å². The van der Waals surface area contributed by atoms with E-state index in [2.05, 4.69) is 10.3 Å². The van der Waals surface area contributed by atoms with Crippen molar-refractivity contribution in [2.45, 2.75) is 51.9 Å². The fourth-order valence-electron chi connectivity index (χ4n) is 6.97. The Balaban J connectivity index is 1.20. The highest BCUT2D eigenvalue weighted by molar-refractivity contribution is 6.33. The summed E-state index contributed by atoms with van der Waals surface area (Å²) in [5.74, 6) is 3.20. The molecule has 4 nitrogen and oxygen atoms in total. The predicted molar refractivity (Wildman–Crippen MR) is 123 cm³/mol. The lowest BCUT2D eigenvalue weighted by molar-refractivity contribution is -0.124. The van der Waals surface area contributed by atoms with E-state index in [-0.39, 0.29) is 11.3 Å². The molecule has 4 aliphatic rings. The maximum absolute atomic E-state index is 13.0. The average Bonchev–Trinajstić information content (AvgIpc) is 3.09. The van der Waals surface area contributed by atoms with Gasteiger partial charge >= 0.3 is 0 Å². The third-order valence-corrected chi connectivity index (χ3v) is 8.04. The number of hydrogen-bond donors (Lipinski definition) is 1. The molecule has 5 heteroatoms. The summed E-state index contributed by atoms with van der Waals surface area (Å²) in [7, 11) is 0. The van der Waals surface area contributed by atoms with Crippen LogP contribution in [-0.4, -0.2) is 10.9 Å². The topological polar surface area (TPSA) is 55.1 Å². The molecule has 0 aliphatic heterocycles. The fourth-order valence-corrected chi connectivity index (χ4v) is 7.28. The van der Waals surface area contributed by atoms with Gasteiger partial charge < -0.3 is 9.73 Å². The number of oxazole rings is 1. The molecule has 1 N–H and O–H groups in total. The molecule has 1 amide bonds. The summed E-state index contributed by atoms with van der Waals surface area (Å²) in [6.07, 6.45) is 8.59. The number of rotatable bonds is 4. The monoisotopic (exact) mass is 434 g/mol. The number of nitrogens with zero attached hydrogens (tertiary/aromatic N) is 1. The molecule has 4 saturated carbocycles. The number of amides is 1. The molecule has 160 valence electrons. The smallest absolute Gasteiger partial charge is 0.228 e. The first-order valence-corrected chi connectivity index (χ1v) is 11.8. The van der Waals surface area contributed by atoms with Gasteiger partial charge in [0.2, 0.25) is 11.8 Å². The van der Waals surface area contributed by atoms with Crippen molar-refractivity contribution in [3.05, 3.63) is 47.0 Å². The van der Waals surface area contributed by atoms with E-state index in [1.54, 1.807) is 0 Å². The molecule has 0 saturated heterocycles. The number of anilines is 1. The van der Waals surface area contributed by atoms with Crippen molar-refractivity contribution in [1.29, 1.82) is 0 Å². The number of aryl methyl sites for hydroxylation is 1. The number of nitrogens with one attached hydrogen (secondary N) is 1. The SMILES string of the molecule is Cc1ccc(-c2nc3cc(NC(=O)CC45CC6CC(CC(C6)C4)C5)ccc3o2)c(Cl)c1. The van der Waals surface area contributed by atoms with Crippen LogP contribution in [0.25, 0.3) is 22.6 Å². The molecule has 4 fully saturated rings. The lowest BCUT2D eigenvalue weighted by Gasteiger charge is -2.56. The molecule has 0 atom stereocenters. The molecule has 4 aliphatic carbocycles. The van der Waals surface area contributed by atoms with E-state index in [0.29, 0.717) is 22.9 Å². The van der Waals surface area contributed by atoms with Crippen LogP contribution in [0.2, 0.25) is 5.02 Å². The lowest BCUT2D eigenvalue weighted by atomic mass is 9.49. The van der Waals surface area contributed by atoms with Crippen molar-refractivity contribution in [3.63, 3.8) is 0 Å². The van der Waals surface area contributed by atoms with Gasteiger partial charge in [0.25, 0.3) is 0 Å². The van der Waals surface area contributed by atoms with Crippen LogP contribution in [0.4, 0.5) is 5.69 Å². The quantitative estimate of drug-likeness (QED) is 0.480. The molecule has 31 heavy (non-hydrogen) atoms. The van der Waals surface area contributed by atoms with Crippen LogP contribution >= 0.6 is 11.6 Å². The van der Waals surface area contributed by atoms with E-state index in [9.17, 15) is 4.79 Å². The Morgan fingerprint density at radius 2 is 1.81 bits per heavy atom. The first-order valence-electron chi connectivity index (χ1n) is 11.4. The van der Waals surface area contributed by atoms with Crippen molar-refractivity contribution in [2.75, 3.05) is 5.32 Å². The van der Waals surface area contributed by atoms with Gasteiger partial charge in [-0.05, 0) is 105 Å². The Morgan fingerprint density at radius 3 is 2.48 bits per heavy atom. The molecule has 0 unspecified atom stereocenters. The predicted octanol–water partition coefficient (Wildman–Crippen LogP) is 7.00. The molecule has 1 aromatic heterocycles. The molecular weight excluding hydrogens is 408 g/mol. The number of aromatic nitrogens is 1. The van der Waals surface area contributed by atoms with Crippen molar-refractivity contribution >= 4 is 34.3 Å². The largest absolute Gasteiger partial charge is 0.436 e. The minimum Gasteiger partial charge on any atom is -0.436 e. The number of benzene rings is 2. The third kappa shape index (κ3) is 3.55. The van der Waals surface area contributed by atoms with Gasteiger partial charge in [-0.2, -0.15) is 0 Å². The Bertz CT molecular complexity index is 1150. The highest BCUT2D eigenvalue weighted by atomic mass is 35.5. The Labute approximate surface area is 187 Å². The van der Waals surface area contributed by atoms with E-state index < -0.39 is 0 Å². The average molecular weight is 435 g/mol. The van der Waals surface area contributed by atoms with Crippen LogP contribution in [0, 0.1) is 30.1 Å². The number of carbonyl (C=O) groups excluding carboxylic acids is 1. The summed E-state index contributed by atoms with van der Waals surface area (Å²) < 4.78 is 5.92. The third-order valence-electron chi connectivity index (χ3n) is 7.73. The molecule has 0 radical (unpaired) electrons. The first kappa shape index (κ1) is 19.4. The second kappa shape index (κ2) is 7.09. The molecule has 7 rings (SSSR count). The summed E-state index contributed by atoms with van der Waals surface area (Å²) in [5.41, 5.74) is 4.29. The van der Waals surface area contributed by atoms with Crippen molar-refractivity contribution in [3.8, 4) is 11.5 Å². The first-order chi connectivity index (χ1) is 14.9. The zero-order chi connectivity index (χ0) is 21.2. The molecule has 2 aromatic carbocycles. The van der Waals surface area contributed by atoms with E-state index in [0.717, 1.165) is 40.1 Å². The fraction of sp³-hybridized carbons (Fsp3) is 0.462. The van der Waals surface area contributed by atoms with Gasteiger partial charge in [-0.25, -0.2) is 4.98 Å². The summed E-state index contributed by atoms with van der Waals surface area (Å²) in [6, 6.07) is 11.5. The van der Waals surface area contributed by atoms with E-state index in [1.165, 1.54) is 38.5 Å². The minimum absolute atomic E-state index is 0.131. The standard InChI is InChI=1S/C26H27ClN2O2/c1-15-2-4-20(21(27)6-15)25-29-22-10-19(3-5-23(22)31-25)28-24(30)14-26-11-16-7-17(12-26)9-18(8-16)13-26/h2-6,10,16-18H,7-9,11-14H2,1H3,(H,28,30). The van der Waals surface area contributed by atoms with Crippen LogP contribution in [-0.2, 0) is 4.79 Å². The number of hydrogen-bond acceptors (Lipinski definition) is 3. The van der Waals surface area contributed by atoms with Crippen LogP contribution in [0.1, 0.15) is 50.5 Å². The molecular formula is C26H27ClN2O2. The summed E-state index contributed by atoms with van der Waals surface area (Å²) in [6.45, 7) is 2.00. The number of fused-ring (bicyclic) bond motifs is 1. The maximum Gasteiger partial charge on any atom is 0.228 e. The maximum atomic E-state index is 13.0. The second-order valence-electron chi connectivity index (χ2n) is 10.3. The summed E-state index contributed by atoms with van der Waals surface area (Å²) in [4.78, 5) is 17.6. The minimum atomic E-state index is 0.131. The van der Waals surface area contributed by atoms with Crippen molar-refractivity contribution < 1.29 is 9.21 Å². The van der Waals surface area contributed by atoms with E-state index in [4.69, 9.17) is 16.0 Å². The van der Waals surface area contributed by atoms with Crippen LogP contribution < -0.4 is 5.32 Å². The van der Waals surface area contributed by atoms with Gasteiger partial charge in [-0.15, -0.1) is 0 Å². The Hall–Kier alpha value is -2.33. The van der Waals surface area contributed by atoms with Gasteiger partial charge in [0.05, 0.1) is 10.6 Å². The van der Waals surface area contributed by atoms with Crippen LogP contribution in [0.15, 0.2) is 40.8 Å². The van der Waals surface area contributed by atoms with Crippen LogP contribution in [0.5, 0.6) is 0 Å². The highest BCUT2D eigenvalue weighted by Gasteiger charge is 2.51. The zero-order valence-electron chi connectivity index (χ0n) is 17.8. The zero-order valence-corrected chi connectivity index (χ0v) is 18.5. The Kier molecular flexibility index (Phi) is 4.43. The van der Waals surface area contributed by atoms with Gasteiger partial charge in [-0.3, -0.25) is 4.79 Å². The van der Waals surface area contributed by atoms with Crippen molar-refractivity contribution in [2.24, 2.45) is 23.2 Å². The summed E-state index contributed by atoms with van der Waals surface area (Å²) >= 11 is 6.38. The van der Waals surface area contributed by atoms with E-state index >= 15 is 0 Å². The molecule has 0 spiro atoms. The molecule has 1 heterocycles. The highest BCUT2D eigenvalue weighted by Crippen LogP contribution is 2.61. The lowest BCUT2D eigenvalue weighted by Crippen LogP contribution is -2.47. The molecule has 4 bridgehead atoms. The van der Waals surface area contributed by atoms with Crippen molar-refractivity contribution in [1.82, 2.24) is 4.98 Å². The van der Waals surface area contributed by atoms with Gasteiger partial charge in [0.15, 0.2) is 5.58 Å². The van der Waals surface area contributed by atoms with E-state index in [1.807, 2.05) is 43.3 Å². The summed E-state index contributed by atoms with van der Waals surface area (Å²) in [5, 5.41) is 3.75. The Morgan fingerprint density at radius 1 is 1.10 bits per heavy atom. The van der Waals surface area contributed by atoms with Crippen LogP contribution in [0.3, 0.4) is 0 Å². The normalized spacial score (nSPS) is 28.9. The second-order valence-corrected chi connectivity index (χ2v) is 10.7. The van der Waals surface area contributed by atoms with Gasteiger partial charge in [-0.1, -0.05) is 17.7 Å².